The Kier molecular flexibility index (Phi) is 5.05. The zero-order valence-corrected chi connectivity index (χ0v) is 13.0. The van der Waals surface area contributed by atoms with Gasteiger partial charge in [-0.2, -0.15) is 0 Å². The Balaban J connectivity index is 2.51. The van der Waals surface area contributed by atoms with E-state index in [1.807, 2.05) is 0 Å². The Morgan fingerprint density at radius 2 is 2.04 bits per heavy atom. The average molecular weight is 326 g/mol. The van der Waals surface area contributed by atoms with Crippen LogP contribution in [0, 0.1) is 6.92 Å². The molecule has 9 heteroatoms. The van der Waals surface area contributed by atoms with E-state index in [1.165, 1.54) is 10.8 Å². The van der Waals surface area contributed by atoms with Crippen LogP contribution in [-0.4, -0.2) is 63.1 Å². The fourth-order valence-corrected chi connectivity index (χ4v) is 2.76. The lowest BCUT2D eigenvalue weighted by molar-refractivity contribution is -0.0534. The number of carbonyl (C=O) groups excluding carboxylic acids is 1. The van der Waals surface area contributed by atoms with Crippen LogP contribution in [0.2, 0.25) is 0 Å². The van der Waals surface area contributed by atoms with E-state index in [-0.39, 0.29) is 11.4 Å². The topological polar surface area (TPSA) is 156 Å². The van der Waals surface area contributed by atoms with E-state index in [9.17, 15) is 20.1 Å². The van der Waals surface area contributed by atoms with Crippen molar-refractivity contribution in [1.82, 2.24) is 4.57 Å². The van der Waals surface area contributed by atoms with Crippen molar-refractivity contribution in [3.05, 3.63) is 23.0 Å². The number of ether oxygens (including phenoxy) is 1. The van der Waals surface area contributed by atoms with Crippen molar-refractivity contribution in [3.63, 3.8) is 0 Å². The van der Waals surface area contributed by atoms with E-state index < -0.39 is 37.1 Å². The second-order valence-corrected chi connectivity index (χ2v) is 5.36. The van der Waals surface area contributed by atoms with Crippen molar-refractivity contribution in [3.8, 4) is 0 Å². The van der Waals surface area contributed by atoms with Crippen LogP contribution in [0.25, 0.3) is 0 Å². The number of amides is 1. The van der Waals surface area contributed by atoms with Crippen molar-refractivity contribution in [1.29, 1.82) is 0 Å². The molecule has 0 bridgehead atoms. The van der Waals surface area contributed by atoms with Crippen molar-refractivity contribution < 1.29 is 24.9 Å². The molecule has 1 saturated heterocycles. The van der Waals surface area contributed by atoms with Crippen LogP contribution in [0.3, 0.4) is 0 Å². The van der Waals surface area contributed by atoms with E-state index in [0.29, 0.717) is 17.8 Å². The largest absolute Gasteiger partial charge is 0.394 e. The molecular weight excluding hydrogens is 304 g/mol. The van der Waals surface area contributed by atoms with Crippen LogP contribution in [0.5, 0.6) is 0 Å². The fourth-order valence-electron chi connectivity index (χ4n) is 2.76. The Morgan fingerprint density at radius 3 is 2.52 bits per heavy atom. The first-order valence-corrected chi connectivity index (χ1v) is 7.27. The number of aliphatic imine (C=N–C) groups is 1. The molecule has 1 aromatic rings. The molecule has 0 aromatic carbocycles. The zero-order chi connectivity index (χ0) is 17.3. The first-order chi connectivity index (χ1) is 10.8. The van der Waals surface area contributed by atoms with Gasteiger partial charge in [-0.25, -0.2) is 0 Å². The molecule has 1 aliphatic rings. The molecule has 1 amide bonds. The zero-order valence-electron chi connectivity index (χ0n) is 13.0. The summed E-state index contributed by atoms with van der Waals surface area (Å²) in [5.74, 6) is -0.535. The maximum atomic E-state index is 11.7. The number of primary amides is 1. The van der Waals surface area contributed by atoms with Crippen LogP contribution < -0.4 is 11.5 Å². The minimum atomic E-state index is -1.27. The highest BCUT2D eigenvalue weighted by atomic mass is 16.6. The van der Waals surface area contributed by atoms with E-state index in [0.717, 1.165) is 0 Å². The van der Waals surface area contributed by atoms with Crippen LogP contribution in [-0.2, 0) is 4.74 Å². The van der Waals surface area contributed by atoms with Crippen molar-refractivity contribution in [2.45, 2.75) is 38.4 Å². The van der Waals surface area contributed by atoms with Crippen LogP contribution >= 0.6 is 0 Å². The number of hydrogen-bond acceptors (Lipinski definition) is 6. The van der Waals surface area contributed by atoms with Gasteiger partial charge in [-0.05, 0) is 13.8 Å². The van der Waals surface area contributed by atoms with Gasteiger partial charge >= 0.3 is 0 Å². The Bertz CT molecular complexity index is 627. The smallest absolute Gasteiger partial charge is 0.251 e. The van der Waals surface area contributed by atoms with Crippen LogP contribution in [0.4, 0.5) is 0 Å². The van der Waals surface area contributed by atoms with E-state index in [2.05, 4.69) is 4.99 Å². The number of aliphatic hydroxyl groups is 3. The SMILES string of the molecule is CC/N=C(/N)c1c(C(N)=O)cn([C@@H]2O[C@H](CO)[C@@H](O)[C@H]2O)c1C. The molecule has 0 unspecified atom stereocenters. The summed E-state index contributed by atoms with van der Waals surface area (Å²) in [6, 6.07) is 0. The molecular formula is C14H22N4O5. The quantitative estimate of drug-likeness (QED) is 0.318. The first-order valence-electron chi connectivity index (χ1n) is 7.27. The summed E-state index contributed by atoms with van der Waals surface area (Å²) in [5.41, 5.74) is 12.3. The highest BCUT2D eigenvalue weighted by Crippen LogP contribution is 2.32. The number of rotatable bonds is 5. The number of hydrogen-bond donors (Lipinski definition) is 5. The summed E-state index contributed by atoms with van der Waals surface area (Å²) in [5, 5.41) is 29.2. The number of aliphatic hydroxyl groups excluding tert-OH is 3. The first kappa shape index (κ1) is 17.4. The second-order valence-electron chi connectivity index (χ2n) is 5.36. The normalized spacial score (nSPS) is 28.3. The van der Waals surface area contributed by atoms with Gasteiger partial charge in [-0.15, -0.1) is 0 Å². The van der Waals surface area contributed by atoms with Crippen molar-refractivity contribution >= 4 is 11.7 Å². The van der Waals surface area contributed by atoms with Gasteiger partial charge in [-0.1, -0.05) is 0 Å². The van der Waals surface area contributed by atoms with Crippen LogP contribution in [0.15, 0.2) is 11.2 Å². The van der Waals surface area contributed by atoms with Crippen molar-refractivity contribution in [2.75, 3.05) is 13.2 Å². The number of nitrogens with zero attached hydrogens (tertiary/aromatic N) is 2. The summed E-state index contributed by atoms with van der Waals surface area (Å²) < 4.78 is 6.94. The lowest BCUT2D eigenvalue weighted by Crippen LogP contribution is -2.33. The molecule has 0 aliphatic carbocycles. The molecule has 4 atom stereocenters. The molecule has 0 radical (unpaired) electrons. The van der Waals surface area contributed by atoms with Gasteiger partial charge in [0.25, 0.3) is 5.91 Å². The predicted octanol–water partition coefficient (Wildman–Crippen LogP) is -1.77. The molecule has 2 rings (SSSR count). The van der Waals surface area contributed by atoms with Gasteiger partial charge in [0.2, 0.25) is 0 Å². The molecule has 1 aliphatic heterocycles. The van der Waals surface area contributed by atoms with Crippen LogP contribution in [0.1, 0.15) is 34.8 Å². The summed E-state index contributed by atoms with van der Waals surface area (Å²) in [4.78, 5) is 15.8. The second kappa shape index (κ2) is 6.67. The summed E-state index contributed by atoms with van der Waals surface area (Å²) in [6.07, 6.45) is -2.99. The Hall–Kier alpha value is -1.94. The standard InChI is InChI=1S/C14H22N4O5/c1-3-17-12(15)9-6(2)18(4-7(9)13(16)22)14-11(21)10(20)8(5-19)23-14/h4,8,10-11,14,19-21H,3,5H2,1-2H3,(H2,15,17)(H2,16,22)/t8-,10-,11-,14-/m1/s1. The van der Waals surface area contributed by atoms with E-state index in [1.54, 1.807) is 13.8 Å². The highest BCUT2D eigenvalue weighted by molar-refractivity contribution is 6.09. The number of carbonyl (C=O) groups is 1. The van der Waals surface area contributed by atoms with E-state index in [4.69, 9.17) is 16.2 Å². The van der Waals surface area contributed by atoms with Gasteiger partial charge < -0.3 is 36.1 Å². The average Bonchev–Trinajstić information content (AvgIpc) is 2.98. The van der Waals surface area contributed by atoms with Gasteiger partial charge in [-0.3, -0.25) is 9.79 Å². The maximum Gasteiger partial charge on any atom is 0.251 e. The molecule has 1 fully saturated rings. The van der Waals surface area contributed by atoms with Crippen molar-refractivity contribution in [2.24, 2.45) is 16.5 Å². The molecule has 2 heterocycles. The summed E-state index contributed by atoms with van der Waals surface area (Å²) in [7, 11) is 0. The number of aromatic nitrogens is 1. The molecule has 128 valence electrons. The molecule has 23 heavy (non-hydrogen) atoms. The summed E-state index contributed by atoms with van der Waals surface area (Å²) in [6.45, 7) is 3.47. The van der Waals surface area contributed by atoms with Gasteiger partial charge in [0.15, 0.2) is 6.23 Å². The maximum absolute atomic E-state index is 11.7. The van der Waals surface area contributed by atoms with Gasteiger partial charge in [0.1, 0.15) is 24.1 Å². The van der Waals surface area contributed by atoms with E-state index >= 15 is 0 Å². The minimum absolute atomic E-state index is 0.148. The number of nitrogens with two attached hydrogens (primary N) is 2. The highest BCUT2D eigenvalue weighted by Gasteiger charge is 2.44. The summed E-state index contributed by atoms with van der Waals surface area (Å²) >= 11 is 0. The molecule has 1 aromatic heterocycles. The lowest BCUT2D eigenvalue weighted by Gasteiger charge is -2.18. The third-order valence-electron chi connectivity index (χ3n) is 3.93. The minimum Gasteiger partial charge on any atom is -0.394 e. The molecule has 7 N–H and O–H groups in total. The molecule has 9 nitrogen and oxygen atoms in total. The van der Waals surface area contributed by atoms with Gasteiger partial charge in [0, 0.05) is 24.0 Å². The third kappa shape index (κ3) is 2.95. The predicted molar refractivity (Wildman–Crippen MR) is 82.0 cm³/mol. The monoisotopic (exact) mass is 326 g/mol. The molecule has 0 spiro atoms. The lowest BCUT2D eigenvalue weighted by atomic mass is 10.1. The third-order valence-corrected chi connectivity index (χ3v) is 3.93. The fraction of sp³-hybridized carbons (Fsp3) is 0.571. The Labute approximate surface area is 133 Å². The number of amidine groups is 1. The molecule has 0 saturated carbocycles. The van der Waals surface area contributed by atoms with Gasteiger partial charge in [0.05, 0.1) is 12.2 Å². The Morgan fingerprint density at radius 1 is 1.39 bits per heavy atom.